The highest BCUT2D eigenvalue weighted by Gasteiger charge is 2.17. The van der Waals surface area contributed by atoms with Crippen molar-refractivity contribution >= 4 is 33.0 Å². The Balaban J connectivity index is 1.75. The van der Waals surface area contributed by atoms with Crippen LogP contribution in [0.25, 0.3) is 16.9 Å². The van der Waals surface area contributed by atoms with Gasteiger partial charge in [0.05, 0.1) is 19.0 Å². The van der Waals surface area contributed by atoms with Crippen LogP contribution < -0.4 is 21.1 Å². The zero-order chi connectivity index (χ0) is 18.1. The van der Waals surface area contributed by atoms with Crippen LogP contribution in [0.2, 0.25) is 0 Å². The first-order chi connectivity index (χ1) is 12.7. The van der Waals surface area contributed by atoms with Crippen LogP contribution in [0.4, 0.5) is 5.95 Å². The van der Waals surface area contributed by atoms with E-state index in [2.05, 4.69) is 41.5 Å². The smallest absolute Gasteiger partial charge is 0.332 e. The number of nitrogens with zero attached hydrogens (tertiary/aromatic N) is 3. The average molecular weight is 419 g/mol. The Labute approximate surface area is 158 Å². The summed E-state index contributed by atoms with van der Waals surface area (Å²) in [6.45, 7) is 2.85. The van der Waals surface area contributed by atoms with E-state index < -0.39 is 0 Å². The van der Waals surface area contributed by atoms with Crippen LogP contribution in [0.1, 0.15) is 6.42 Å². The normalized spacial score (nSPS) is 16.9. The number of H-pyrrole nitrogens is 1. The lowest BCUT2D eigenvalue weighted by molar-refractivity contribution is 0.412. The molecular formula is C17H19BrN6O2. The van der Waals surface area contributed by atoms with Crippen LogP contribution in [-0.2, 0) is 0 Å². The maximum absolute atomic E-state index is 12.5. The van der Waals surface area contributed by atoms with Crippen LogP contribution >= 0.6 is 15.9 Å². The van der Waals surface area contributed by atoms with Gasteiger partial charge in [0.25, 0.3) is 0 Å². The Kier molecular flexibility index (Phi) is 4.64. The van der Waals surface area contributed by atoms with Gasteiger partial charge in [-0.25, -0.2) is 14.3 Å². The lowest BCUT2D eigenvalue weighted by Gasteiger charge is -2.11. The van der Waals surface area contributed by atoms with E-state index in [-0.39, 0.29) is 5.69 Å². The van der Waals surface area contributed by atoms with E-state index in [1.165, 1.54) is 4.57 Å². The molecule has 1 aromatic carbocycles. The van der Waals surface area contributed by atoms with Crippen molar-refractivity contribution in [2.24, 2.45) is 5.92 Å². The lowest BCUT2D eigenvalue weighted by Crippen LogP contribution is -2.18. The van der Waals surface area contributed by atoms with Gasteiger partial charge >= 0.3 is 5.69 Å². The first-order valence-corrected chi connectivity index (χ1v) is 9.21. The summed E-state index contributed by atoms with van der Waals surface area (Å²) in [4.78, 5) is 24.2. The number of anilines is 1. The maximum Gasteiger partial charge on any atom is 0.332 e. The molecule has 2 aromatic heterocycles. The molecule has 1 aliphatic heterocycles. The topological polar surface area (TPSA) is 96.9 Å². The number of methoxy groups -OCH3 is 1. The van der Waals surface area contributed by atoms with Gasteiger partial charge in [-0.1, -0.05) is 15.9 Å². The van der Waals surface area contributed by atoms with Crippen LogP contribution in [0.15, 0.2) is 33.7 Å². The molecule has 1 fully saturated rings. The summed E-state index contributed by atoms with van der Waals surface area (Å²) in [7, 11) is 1.57. The first-order valence-electron chi connectivity index (χ1n) is 8.42. The van der Waals surface area contributed by atoms with Gasteiger partial charge in [0, 0.05) is 11.0 Å². The molecule has 1 atom stereocenters. The molecule has 4 rings (SSSR count). The molecule has 26 heavy (non-hydrogen) atoms. The molecule has 0 unspecified atom stereocenters. The second-order valence-electron chi connectivity index (χ2n) is 6.25. The van der Waals surface area contributed by atoms with Gasteiger partial charge in [-0.2, -0.15) is 4.98 Å². The summed E-state index contributed by atoms with van der Waals surface area (Å²) in [5, 5.41) is 6.62. The second-order valence-corrected chi connectivity index (χ2v) is 7.17. The minimum Gasteiger partial charge on any atom is -0.495 e. The zero-order valence-corrected chi connectivity index (χ0v) is 15.8. The van der Waals surface area contributed by atoms with Crippen molar-refractivity contribution in [3.63, 3.8) is 0 Å². The van der Waals surface area contributed by atoms with Crippen molar-refractivity contribution in [1.82, 2.24) is 24.8 Å². The number of hydrogen-bond acceptors (Lipinski definition) is 6. The number of halogens is 1. The van der Waals surface area contributed by atoms with Gasteiger partial charge < -0.3 is 20.4 Å². The highest BCUT2D eigenvalue weighted by molar-refractivity contribution is 9.10. The Bertz CT molecular complexity index is 993. The van der Waals surface area contributed by atoms with Crippen LogP contribution in [0.3, 0.4) is 0 Å². The number of imidazole rings is 1. The number of nitrogens with one attached hydrogen (secondary N) is 3. The molecule has 3 heterocycles. The van der Waals surface area contributed by atoms with Gasteiger partial charge in [-0.15, -0.1) is 0 Å². The maximum atomic E-state index is 12.5. The van der Waals surface area contributed by atoms with Crippen LogP contribution in [0.5, 0.6) is 5.75 Å². The number of aromatic amines is 1. The van der Waals surface area contributed by atoms with E-state index in [1.54, 1.807) is 19.4 Å². The van der Waals surface area contributed by atoms with Gasteiger partial charge in [0.15, 0.2) is 5.65 Å². The third kappa shape index (κ3) is 3.19. The van der Waals surface area contributed by atoms with Crippen molar-refractivity contribution in [2.45, 2.75) is 6.42 Å². The summed E-state index contributed by atoms with van der Waals surface area (Å²) < 4.78 is 7.76. The second kappa shape index (κ2) is 7.08. The Morgan fingerprint density at radius 1 is 1.46 bits per heavy atom. The number of benzene rings is 1. The Morgan fingerprint density at radius 3 is 3.12 bits per heavy atom. The Morgan fingerprint density at radius 2 is 2.35 bits per heavy atom. The van der Waals surface area contributed by atoms with E-state index in [0.29, 0.717) is 34.5 Å². The molecule has 0 radical (unpaired) electrons. The Hall–Kier alpha value is -2.39. The predicted molar refractivity (Wildman–Crippen MR) is 103 cm³/mol. The van der Waals surface area contributed by atoms with E-state index >= 15 is 0 Å². The molecule has 0 saturated carbocycles. The molecule has 9 heteroatoms. The van der Waals surface area contributed by atoms with Gasteiger partial charge in [0.1, 0.15) is 11.3 Å². The molecule has 3 N–H and O–H groups in total. The van der Waals surface area contributed by atoms with E-state index in [0.717, 1.165) is 30.5 Å². The molecule has 1 saturated heterocycles. The summed E-state index contributed by atoms with van der Waals surface area (Å²) in [5.74, 6) is 1.65. The average Bonchev–Trinajstić information content (AvgIpc) is 3.26. The van der Waals surface area contributed by atoms with Crippen molar-refractivity contribution in [3.05, 3.63) is 39.4 Å². The lowest BCUT2D eigenvalue weighted by atomic mass is 10.1. The molecule has 8 nitrogen and oxygen atoms in total. The van der Waals surface area contributed by atoms with E-state index in [4.69, 9.17) is 4.74 Å². The first kappa shape index (κ1) is 17.0. The summed E-state index contributed by atoms with van der Waals surface area (Å²) >= 11 is 3.44. The fourth-order valence-electron chi connectivity index (χ4n) is 3.17. The number of ether oxygens (including phenoxy) is 1. The van der Waals surface area contributed by atoms with Gasteiger partial charge in [0.2, 0.25) is 5.95 Å². The van der Waals surface area contributed by atoms with Gasteiger partial charge in [-0.3, -0.25) is 0 Å². The predicted octanol–water partition coefficient (Wildman–Crippen LogP) is 1.90. The molecule has 3 aromatic rings. The number of hydrogen-bond donors (Lipinski definition) is 3. The molecule has 0 bridgehead atoms. The summed E-state index contributed by atoms with van der Waals surface area (Å²) in [6, 6.07) is 5.49. The molecule has 1 aliphatic rings. The fraction of sp³-hybridized carbons (Fsp3) is 0.353. The third-order valence-corrected chi connectivity index (χ3v) is 5.01. The number of fused-ring (bicyclic) bond motifs is 1. The zero-order valence-electron chi connectivity index (χ0n) is 14.3. The third-order valence-electron chi connectivity index (χ3n) is 4.52. The number of aromatic nitrogens is 4. The van der Waals surface area contributed by atoms with Crippen LogP contribution in [-0.4, -0.2) is 46.3 Å². The standard InChI is InChI=1S/C17H19BrN6O2/c1-26-14-3-2-11(18)6-13(14)24-15-12(22-17(24)25)9-21-16(23-15)20-8-10-4-5-19-7-10/h2-3,6,9-10,19H,4-5,7-8H2,1H3,(H,22,25)(H,20,21,23)/t10-/m1/s1. The van der Waals surface area contributed by atoms with Crippen molar-refractivity contribution in [2.75, 3.05) is 32.1 Å². The van der Waals surface area contributed by atoms with E-state index in [9.17, 15) is 4.79 Å². The fourth-order valence-corrected chi connectivity index (χ4v) is 3.52. The van der Waals surface area contributed by atoms with Crippen LogP contribution in [0, 0.1) is 5.92 Å². The highest BCUT2D eigenvalue weighted by Crippen LogP contribution is 2.27. The largest absolute Gasteiger partial charge is 0.495 e. The van der Waals surface area contributed by atoms with Gasteiger partial charge in [-0.05, 0) is 43.6 Å². The van der Waals surface area contributed by atoms with Crippen molar-refractivity contribution < 1.29 is 4.74 Å². The SMILES string of the molecule is COc1ccc(Br)cc1-n1c(=O)[nH]c2cnc(NC[C@@H]3CCNC3)nc21. The minimum absolute atomic E-state index is 0.289. The quantitative estimate of drug-likeness (QED) is 0.585. The highest BCUT2D eigenvalue weighted by atomic mass is 79.9. The van der Waals surface area contributed by atoms with Crippen molar-refractivity contribution in [3.8, 4) is 11.4 Å². The summed E-state index contributed by atoms with van der Waals surface area (Å²) in [6.07, 6.45) is 2.76. The monoisotopic (exact) mass is 418 g/mol. The summed E-state index contributed by atoms with van der Waals surface area (Å²) in [5.41, 5.74) is 1.41. The molecular weight excluding hydrogens is 400 g/mol. The van der Waals surface area contributed by atoms with Crippen molar-refractivity contribution in [1.29, 1.82) is 0 Å². The number of rotatable bonds is 5. The minimum atomic E-state index is -0.289. The molecule has 0 aliphatic carbocycles. The van der Waals surface area contributed by atoms with E-state index in [1.807, 2.05) is 12.1 Å². The molecule has 136 valence electrons. The molecule has 0 amide bonds. The molecule has 0 spiro atoms.